The van der Waals surface area contributed by atoms with Gasteiger partial charge in [-0.25, -0.2) is 0 Å². The van der Waals surface area contributed by atoms with Crippen molar-refractivity contribution < 1.29 is 9.53 Å². The molecular weight excluding hydrogens is 325 g/mol. The number of nitrogens with one attached hydrogen (secondary N) is 1. The van der Waals surface area contributed by atoms with Crippen molar-refractivity contribution in [3.63, 3.8) is 0 Å². The Morgan fingerprint density at radius 1 is 1.27 bits per heavy atom. The maximum Gasteiger partial charge on any atom is 0.240 e. The molecule has 5 nitrogen and oxygen atoms in total. The smallest absolute Gasteiger partial charge is 0.240 e. The average molecular weight is 350 g/mol. The number of ether oxygens (including phenoxy) is 1. The quantitative estimate of drug-likeness (QED) is 0.848. The summed E-state index contributed by atoms with van der Waals surface area (Å²) in [5.74, 6) is -0.161. The molecule has 1 fully saturated rings. The summed E-state index contributed by atoms with van der Waals surface area (Å²) in [7, 11) is 0. The van der Waals surface area contributed by atoms with Gasteiger partial charge in [-0.2, -0.15) is 0 Å². The largest absolute Gasteiger partial charge is 0.379 e. The normalized spacial score (nSPS) is 16.1. The summed E-state index contributed by atoms with van der Waals surface area (Å²) >= 11 is 0. The molecule has 0 saturated carbocycles. The Morgan fingerprint density at radius 2 is 1.86 bits per heavy atom. The number of benzene rings is 1. The second kappa shape index (κ2) is 10.8. The molecule has 1 atom stereocenters. The van der Waals surface area contributed by atoms with Crippen LogP contribution in [0.2, 0.25) is 0 Å². The first-order valence-electron chi connectivity index (χ1n) is 7.10. The van der Waals surface area contributed by atoms with Gasteiger partial charge in [0.1, 0.15) is 0 Å². The number of hydrogen-bond donors (Lipinski definition) is 2. The molecule has 0 aliphatic carbocycles. The average Bonchev–Trinajstić information content (AvgIpc) is 2.47. The Hall–Kier alpha value is -0.850. The Morgan fingerprint density at radius 3 is 2.41 bits per heavy atom. The molecule has 0 bridgehead atoms. The lowest BCUT2D eigenvalue weighted by Crippen LogP contribution is -2.37. The predicted molar refractivity (Wildman–Crippen MR) is 94.2 cm³/mol. The van der Waals surface area contributed by atoms with Crippen LogP contribution in [-0.2, 0) is 16.0 Å². The number of amides is 1. The fourth-order valence-corrected chi connectivity index (χ4v) is 2.12. The monoisotopic (exact) mass is 349 g/mol. The highest BCUT2D eigenvalue weighted by molar-refractivity contribution is 5.94. The molecule has 0 spiro atoms. The van der Waals surface area contributed by atoms with Crippen molar-refractivity contribution in [2.75, 3.05) is 38.2 Å². The van der Waals surface area contributed by atoms with Gasteiger partial charge in [-0.05, 0) is 31.0 Å². The minimum absolute atomic E-state index is 0. The van der Waals surface area contributed by atoms with Gasteiger partial charge in [0.2, 0.25) is 5.91 Å². The number of hydrogen-bond acceptors (Lipinski definition) is 4. The minimum Gasteiger partial charge on any atom is -0.379 e. The molecule has 7 heteroatoms. The molecule has 0 unspecified atom stereocenters. The molecule has 1 aliphatic heterocycles. The lowest BCUT2D eigenvalue weighted by Gasteiger charge is -2.26. The highest BCUT2D eigenvalue weighted by Crippen LogP contribution is 2.11. The van der Waals surface area contributed by atoms with Gasteiger partial charge in [0.15, 0.2) is 0 Å². The van der Waals surface area contributed by atoms with Crippen LogP contribution in [0.1, 0.15) is 12.5 Å². The lowest BCUT2D eigenvalue weighted by molar-refractivity contribution is -0.117. The van der Waals surface area contributed by atoms with Crippen LogP contribution in [0.4, 0.5) is 5.69 Å². The van der Waals surface area contributed by atoms with E-state index in [0.717, 1.165) is 45.0 Å². The van der Waals surface area contributed by atoms with E-state index in [1.165, 1.54) is 5.56 Å². The van der Waals surface area contributed by atoms with Crippen LogP contribution in [0, 0.1) is 0 Å². The van der Waals surface area contributed by atoms with Crippen molar-refractivity contribution in [2.45, 2.75) is 19.4 Å². The molecular formula is C15H25Cl2N3O2. The van der Waals surface area contributed by atoms with Gasteiger partial charge in [-0.15, -0.1) is 24.8 Å². The number of carbonyl (C=O) groups excluding carboxylic acids is 1. The zero-order chi connectivity index (χ0) is 14.4. The number of nitrogens with zero attached hydrogens (tertiary/aromatic N) is 1. The summed E-state index contributed by atoms with van der Waals surface area (Å²) < 4.78 is 5.33. The molecule has 1 heterocycles. The number of nitrogens with two attached hydrogens (primary N) is 1. The second-order valence-electron chi connectivity index (χ2n) is 5.18. The number of carbonyl (C=O) groups is 1. The Bertz CT molecular complexity index is 435. The lowest BCUT2D eigenvalue weighted by atomic mass is 10.1. The van der Waals surface area contributed by atoms with Crippen LogP contribution in [0.15, 0.2) is 24.3 Å². The number of anilines is 1. The summed E-state index contributed by atoms with van der Waals surface area (Å²) in [4.78, 5) is 13.9. The first-order valence-corrected chi connectivity index (χ1v) is 7.10. The minimum atomic E-state index is -0.490. The molecule has 126 valence electrons. The van der Waals surface area contributed by atoms with Gasteiger partial charge in [0.05, 0.1) is 19.3 Å². The molecule has 0 radical (unpaired) electrons. The highest BCUT2D eigenvalue weighted by atomic mass is 35.5. The summed E-state index contributed by atoms with van der Waals surface area (Å²) in [5, 5.41) is 2.78. The van der Waals surface area contributed by atoms with Crippen LogP contribution in [0.3, 0.4) is 0 Å². The van der Waals surface area contributed by atoms with E-state index < -0.39 is 6.04 Å². The molecule has 1 saturated heterocycles. The van der Waals surface area contributed by atoms with Crippen molar-refractivity contribution in [3.8, 4) is 0 Å². The topological polar surface area (TPSA) is 67.6 Å². The van der Waals surface area contributed by atoms with Gasteiger partial charge in [-0.3, -0.25) is 9.69 Å². The number of morpholine rings is 1. The maximum absolute atomic E-state index is 11.5. The molecule has 1 aliphatic rings. The van der Waals surface area contributed by atoms with Crippen molar-refractivity contribution in [1.82, 2.24) is 4.90 Å². The van der Waals surface area contributed by atoms with Crippen LogP contribution in [0.5, 0.6) is 0 Å². The summed E-state index contributed by atoms with van der Waals surface area (Å²) in [5.41, 5.74) is 7.58. The van der Waals surface area contributed by atoms with E-state index in [4.69, 9.17) is 10.5 Å². The van der Waals surface area contributed by atoms with Gasteiger partial charge in [0, 0.05) is 25.3 Å². The van der Waals surface area contributed by atoms with Crippen LogP contribution < -0.4 is 11.1 Å². The standard InChI is InChI=1S/C15H23N3O2.2ClH/c1-12(16)15(19)17-14-4-2-13(3-5-14)6-7-18-8-10-20-11-9-18;;/h2-5,12H,6-11,16H2,1H3,(H,17,19);2*1H/t12-;;/m1../s1. The van der Waals surface area contributed by atoms with Crippen molar-refractivity contribution in [3.05, 3.63) is 29.8 Å². The Labute approximate surface area is 144 Å². The van der Waals surface area contributed by atoms with E-state index >= 15 is 0 Å². The van der Waals surface area contributed by atoms with Crippen LogP contribution in [0.25, 0.3) is 0 Å². The second-order valence-corrected chi connectivity index (χ2v) is 5.18. The summed E-state index contributed by atoms with van der Waals surface area (Å²) in [6.45, 7) is 6.43. The van der Waals surface area contributed by atoms with Gasteiger partial charge < -0.3 is 15.8 Å². The molecule has 22 heavy (non-hydrogen) atoms. The number of rotatable bonds is 5. The first-order chi connectivity index (χ1) is 9.65. The molecule has 2 rings (SSSR count). The zero-order valence-corrected chi connectivity index (χ0v) is 14.4. The maximum atomic E-state index is 11.5. The third-order valence-electron chi connectivity index (χ3n) is 3.46. The fourth-order valence-electron chi connectivity index (χ4n) is 2.12. The van der Waals surface area contributed by atoms with Crippen molar-refractivity contribution in [2.24, 2.45) is 5.73 Å². The van der Waals surface area contributed by atoms with E-state index in [9.17, 15) is 4.79 Å². The van der Waals surface area contributed by atoms with Crippen molar-refractivity contribution >= 4 is 36.4 Å². The van der Waals surface area contributed by atoms with E-state index in [-0.39, 0.29) is 30.7 Å². The highest BCUT2D eigenvalue weighted by Gasteiger charge is 2.10. The summed E-state index contributed by atoms with van der Waals surface area (Å²) in [6.07, 6.45) is 1.02. The van der Waals surface area contributed by atoms with Crippen LogP contribution in [-0.4, -0.2) is 49.7 Å². The third kappa shape index (κ3) is 6.94. The number of halogens is 2. The Kier molecular flexibility index (Phi) is 10.4. The van der Waals surface area contributed by atoms with Gasteiger partial charge in [0.25, 0.3) is 0 Å². The molecule has 1 amide bonds. The van der Waals surface area contributed by atoms with E-state index in [1.54, 1.807) is 6.92 Å². The third-order valence-corrected chi connectivity index (χ3v) is 3.46. The fraction of sp³-hybridized carbons (Fsp3) is 0.533. The predicted octanol–water partition coefficient (Wildman–Crippen LogP) is 1.69. The first kappa shape index (κ1) is 21.1. The molecule has 0 aromatic heterocycles. The van der Waals surface area contributed by atoms with Crippen LogP contribution >= 0.6 is 24.8 Å². The molecule has 1 aromatic rings. The van der Waals surface area contributed by atoms with E-state index in [1.807, 2.05) is 12.1 Å². The zero-order valence-electron chi connectivity index (χ0n) is 12.8. The Balaban J connectivity index is 0.00000220. The van der Waals surface area contributed by atoms with Gasteiger partial charge in [-0.1, -0.05) is 12.1 Å². The summed E-state index contributed by atoms with van der Waals surface area (Å²) in [6, 6.07) is 7.47. The van der Waals surface area contributed by atoms with Gasteiger partial charge >= 0.3 is 0 Å². The van der Waals surface area contributed by atoms with E-state index in [0.29, 0.717) is 0 Å². The molecule has 3 N–H and O–H groups in total. The molecule has 1 aromatic carbocycles. The SMILES string of the molecule is C[C@@H](N)C(=O)Nc1ccc(CCN2CCOCC2)cc1.Cl.Cl. The van der Waals surface area contributed by atoms with Crippen molar-refractivity contribution in [1.29, 1.82) is 0 Å². The van der Waals surface area contributed by atoms with E-state index in [2.05, 4.69) is 22.3 Å².